The molecule has 0 aromatic carbocycles. The van der Waals surface area contributed by atoms with Gasteiger partial charge in [-0.2, -0.15) is 0 Å². The SMILES string of the molecule is C=C(CCCCCC(=O)N1CCC2CCCCC2C1)CCC1CCCCC1. The summed E-state index contributed by atoms with van der Waals surface area (Å²) in [7, 11) is 0. The van der Waals surface area contributed by atoms with Crippen LogP contribution in [0.25, 0.3) is 0 Å². The molecule has 1 heterocycles. The second-order valence-electron chi connectivity index (χ2n) is 9.79. The second-order valence-corrected chi connectivity index (χ2v) is 9.79. The molecule has 0 aromatic rings. The van der Waals surface area contributed by atoms with Crippen molar-refractivity contribution in [2.24, 2.45) is 17.8 Å². The van der Waals surface area contributed by atoms with Crippen molar-refractivity contribution >= 4 is 5.91 Å². The molecule has 0 bridgehead atoms. The van der Waals surface area contributed by atoms with Gasteiger partial charge in [-0.15, -0.1) is 0 Å². The third kappa shape index (κ3) is 6.95. The maximum atomic E-state index is 12.6. The van der Waals surface area contributed by atoms with E-state index in [0.717, 1.165) is 43.7 Å². The standard InChI is InChI=1S/C25H43NO/c1-21(16-17-22-11-5-3-6-12-22)10-4-2-7-15-25(27)26-19-18-23-13-8-9-14-24(23)20-26/h22-24H,1-20H2. The van der Waals surface area contributed by atoms with Gasteiger partial charge < -0.3 is 4.90 Å². The van der Waals surface area contributed by atoms with E-state index in [1.165, 1.54) is 102 Å². The molecule has 3 aliphatic rings. The van der Waals surface area contributed by atoms with E-state index in [0.29, 0.717) is 5.91 Å². The molecular formula is C25H43NO. The van der Waals surface area contributed by atoms with Gasteiger partial charge in [0.05, 0.1) is 0 Å². The first-order valence-corrected chi connectivity index (χ1v) is 12.2. The predicted molar refractivity (Wildman–Crippen MR) is 115 cm³/mol. The van der Waals surface area contributed by atoms with Gasteiger partial charge in [0.25, 0.3) is 0 Å². The third-order valence-corrected chi connectivity index (χ3v) is 7.70. The van der Waals surface area contributed by atoms with Gasteiger partial charge in [0.15, 0.2) is 0 Å². The van der Waals surface area contributed by atoms with E-state index in [4.69, 9.17) is 0 Å². The van der Waals surface area contributed by atoms with Crippen LogP contribution in [0.2, 0.25) is 0 Å². The van der Waals surface area contributed by atoms with E-state index < -0.39 is 0 Å². The van der Waals surface area contributed by atoms with Crippen molar-refractivity contribution in [1.82, 2.24) is 4.90 Å². The lowest BCUT2D eigenvalue weighted by molar-refractivity contribution is -0.134. The minimum Gasteiger partial charge on any atom is -0.342 e. The van der Waals surface area contributed by atoms with E-state index in [-0.39, 0.29) is 0 Å². The smallest absolute Gasteiger partial charge is 0.222 e. The van der Waals surface area contributed by atoms with Gasteiger partial charge in [0.1, 0.15) is 0 Å². The minimum absolute atomic E-state index is 0.426. The van der Waals surface area contributed by atoms with Gasteiger partial charge in [-0.25, -0.2) is 0 Å². The highest BCUT2D eigenvalue weighted by Gasteiger charge is 2.32. The van der Waals surface area contributed by atoms with Gasteiger partial charge in [0, 0.05) is 19.5 Å². The van der Waals surface area contributed by atoms with Gasteiger partial charge >= 0.3 is 0 Å². The van der Waals surface area contributed by atoms with Gasteiger partial charge in [-0.3, -0.25) is 4.79 Å². The molecule has 2 atom stereocenters. The van der Waals surface area contributed by atoms with E-state index in [9.17, 15) is 4.79 Å². The molecule has 2 aliphatic carbocycles. The molecule has 1 saturated heterocycles. The maximum absolute atomic E-state index is 12.6. The molecular weight excluding hydrogens is 330 g/mol. The predicted octanol–water partition coefficient (Wildman–Crippen LogP) is 6.89. The Morgan fingerprint density at radius 1 is 0.778 bits per heavy atom. The summed E-state index contributed by atoms with van der Waals surface area (Å²) in [5.74, 6) is 3.13. The number of carbonyl (C=O) groups excluding carboxylic acids is 1. The topological polar surface area (TPSA) is 20.3 Å². The number of hydrogen-bond donors (Lipinski definition) is 0. The molecule has 2 heteroatoms. The lowest BCUT2D eigenvalue weighted by Gasteiger charge is -2.41. The van der Waals surface area contributed by atoms with Gasteiger partial charge in [-0.1, -0.05) is 69.9 Å². The molecule has 27 heavy (non-hydrogen) atoms. The van der Waals surface area contributed by atoms with E-state index in [1.54, 1.807) is 0 Å². The summed E-state index contributed by atoms with van der Waals surface area (Å²) in [5.41, 5.74) is 1.45. The summed E-state index contributed by atoms with van der Waals surface area (Å²) in [5, 5.41) is 0. The van der Waals surface area contributed by atoms with Crippen molar-refractivity contribution in [3.05, 3.63) is 12.2 Å². The number of carbonyl (C=O) groups is 1. The van der Waals surface area contributed by atoms with Crippen LogP contribution >= 0.6 is 0 Å². The van der Waals surface area contributed by atoms with Crippen molar-refractivity contribution in [2.75, 3.05) is 13.1 Å². The number of allylic oxidation sites excluding steroid dienone is 1. The van der Waals surface area contributed by atoms with Crippen molar-refractivity contribution in [1.29, 1.82) is 0 Å². The highest BCUT2D eigenvalue weighted by molar-refractivity contribution is 5.76. The summed E-state index contributed by atoms with van der Waals surface area (Å²) in [6.07, 6.45) is 22.1. The highest BCUT2D eigenvalue weighted by Crippen LogP contribution is 2.36. The van der Waals surface area contributed by atoms with Crippen LogP contribution in [0.4, 0.5) is 0 Å². The Bertz CT molecular complexity index is 465. The molecule has 3 rings (SSSR count). The fourth-order valence-corrected chi connectivity index (χ4v) is 5.82. The number of fused-ring (bicyclic) bond motifs is 1. The molecule has 1 amide bonds. The first-order chi connectivity index (χ1) is 13.2. The molecule has 3 fully saturated rings. The summed E-state index contributed by atoms with van der Waals surface area (Å²) in [4.78, 5) is 14.7. The number of amides is 1. The van der Waals surface area contributed by atoms with Crippen LogP contribution in [0.15, 0.2) is 12.2 Å². The summed E-state index contributed by atoms with van der Waals surface area (Å²) in [6, 6.07) is 0. The quantitative estimate of drug-likeness (QED) is 0.318. The summed E-state index contributed by atoms with van der Waals surface area (Å²) in [6.45, 7) is 6.39. The Balaban J connectivity index is 1.21. The molecule has 1 aliphatic heterocycles. The van der Waals surface area contributed by atoms with Gasteiger partial charge in [0.2, 0.25) is 5.91 Å². The minimum atomic E-state index is 0.426. The average molecular weight is 374 g/mol. The van der Waals surface area contributed by atoms with Gasteiger partial charge in [-0.05, 0) is 62.7 Å². The molecule has 154 valence electrons. The Hall–Kier alpha value is -0.790. The molecule has 0 aromatic heterocycles. The molecule has 2 unspecified atom stereocenters. The van der Waals surface area contributed by atoms with Crippen LogP contribution in [0.5, 0.6) is 0 Å². The van der Waals surface area contributed by atoms with Crippen LogP contribution in [-0.2, 0) is 4.79 Å². The van der Waals surface area contributed by atoms with Crippen LogP contribution in [-0.4, -0.2) is 23.9 Å². The monoisotopic (exact) mass is 373 g/mol. The number of hydrogen-bond acceptors (Lipinski definition) is 1. The Morgan fingerprint density at radius 3 is 2.30 bits per heavy atom. The Kier molecular flexibility index (Phi) is 8.74. The number of unbranched alkanes of at least 4 members (excludes halogenated alkanes) is 2. The fraction of sp³-hybridized carbons (Fsp3) is 0.880. The Labute approximate surface area is 168 Å². The third-order valence-electron chi connectivity index (χ3n) is 7.70. The molecule has 2 nitrogen and oxygen atoms in total. The molecule has 2 saturated carbocycles. The number of likely N-dealkylation sites (tertiary alicyclic amines) is 1. The number of piperidine rings is 1. The first kappa shape index (κ1) is 20.9. The van der Waals surface area contributed by atoms with Crippen molar-refractivity contribution in [3.63, 3.8) is 0 Å². The zero-order valence-corrected chi connectivity index (χ0v) is 17.7. The number of rotatable bonds is 9. The number of nitrogens with zero attached hydrogens (tertiary/aromatic N) is 1. The molecule has 0 N–H and O–H groups in total. The lowest BCUT2D eigenvalue weighted by atomic mass is 9.75. The first-order valence-electron chi connectivity index (χ1n) is 12.2. The van der Waals surface area contributed by atoms with Crippen LogP contribution < -0.4 is 0 Å². The fourth-order valence-electron chi connectivity index (χ4n) is 5.82. The zero-order chi connectivity index (χ0) is 18.9. The second kappa shape index (κ2) is 11.3. The van der Waals surface area contributed by atoms with Crippen molar-refractivity contribution < 1.29 is 4.79 Å². The van der Waals surface area contributed by atoms with Crippen molar-refractivity contribution in [2.45, 2.75) is 109 Å². The van der Waals surface area contributed by atoms with E-state index in [1.807, 2.05) is 0 Å². The summed E-state index contributed by atoms with van der Waals surface area (Å²) < 4.78 is 0. The molecule has 0 spiro atoms. The lowest BCUT2D eigenvalue weighted by Crippen LogP contribution is -2.44. The van der Waals surface area contributed by atoms with Crippen molar-refractivity contribution in [3.8, 4) is 0 Å². The van der Waals surface area contributed by atoms with E-state index >= 15 is 0 Å². The average Bonchev–Trinajstić information content (AvgIpc) is 2.72. The van der Waals surface area contributed by atoms with Crippen LogP contribution in [0.1, 0.15) is 109 Å². The van der Waals surface area contributed by atoms with Crippen LogP contribution in [0.3, 0.4) is 0 Å². The molecule has 0 radical (unpaired) electrons. The highest BCUT2D eigenvalue weighted by atomic mass is 16.2. The Morgan fingerprint density at radius 2 is 1.48 bits per heavy atom. The summed E-state index contributed by atoms with van der Waals surface area (Å²) >= 11 is 0. The maximum Gasteiger partial charge on any atom is 0.222 e. The zero-order valence-electron chi connectivity index (χ0n) is 17.7. The van der Waals surface area contributed by atoms with E-state index in [2.05, 4.69) is 11.5 Å². The largest absolute Gasteiger partial charge is 0.342 e. The van der Waals surface area contributed by atoms with Crippen LogP contribution in [0, 0.1) is 17.8 Å². The normalized spacial score (nSPS) is 26.6.